The van der Waals surface area contributed by atoms with Gasteiger partial charge in [0, 0.05) is 45.0 Å². The summed E-state index contributed by atoms with van der Waals surface area (Å²) in [5.41, 5.74) is 8.98. The van der Waals surface area contributed by atoms with E-state index in [1.165, 1.54) is 50.3 Å². The summed E-state index contributed by atoms with van der Waals surface area (Å²) in [6.07, 6.45) is 2.67. The van der Waals surface area contributed by atoms with Gasteiger partial charge >= 0.3 is 0 Å². The van der Waals surface area contributed by atoms with Crippen LogP contribution in [0.15, 0.2) is 24.3 Å². The van der Waals surface area contributed by atoms with Crippen LogP contribution >= 0.6 is 0 Å². The topological polar surface area (TPSA) is 32.5 Å². The second-order valence-electron chi connectivity index (χ2n) is 6.33. The molecular formula is C16H25N3. The number of aryl methyl sites for hydroxylation is 1. The number of hydrogen-bond acceptors (Lipinski definition) is 3. The molecule has 2 aliphatic heterocycles. The van der Waals surface area contributed by atoms with Crippen LogP contribution in [0, 0.1) is 12.3 Å². The van der Waals surface area contributed by atoms with E-state index in [4.69, 9.17) is 5.73 Å². The molecule has 0 aliphatic carbocycles. The lowest BCUT2D eigenvalue weighted by atomic mass is 9.72. The van der Waals surface area contributed by atoms with E-state index in [9.17, 15) is 0 Å². The summed E-state index contributed by atoms with van der Waals surface area (Å²) >= 11 is 0. The molecule has 3 rings (SSSR count). The Hall–Kier alpha value is -1.06. The molecule has 2 heterocycles. The monoisotopic (exact) mass is 259 g/mol. The molecule has 0 bridgehead atoms. The predicted molar refractivity (Wildman–Crippen MR) is 80.6 cm³/mol. The van der Waals surface area contributed by atoms with Gasteiger partial charge in [-0.2, -0.15) is 0 Å². The molecule has 0 amide bonds. The summed E-state index contributed by atoms with van der Waals surface area (Å²) in [7, 11) is 0. The first-order valence-corrected chi connectivity index (χ1v) is 7.45. The maximum Gasteiger partial charge on any atom is 0.0368 e. The molecule has 3 nitrogen and oxygen atoms in total. The van der Waals surface area contributed by atoms with Gasteiger partial charge in [0.25, 0.3) is 0 Å². The van der Waals surface area contributed by atoms with Crippen LogP contribution in [-0.4, -0.2) is 44.2 Å². The Morgan fingerprint density at radius 1 is 1.21 bits per heavy atom. The van der Waals surface area contributed by atoms with E-state index >= 15 is 0 Å². The number of likely N-dealkylation sites (tertiary alicyclic amines) is 1. The first-order chi connectivity index (χ1) is 9.21. The zero-order valence-electron chi connectivity index (χ0n) is 11.9. The summed E-state index contributed by atoms with van der Waals surface area (Å²) in [5.74, 6) is 0. The summed E-state index contributed by atoms with van der Waals surface area (Å²) in [4.78, 5) is 5.05. The zero-order valence-corrected chi connectivity index (χ0v) is 11.9. The number of nitrogens with two attached hydrogens (primary N) is 1. The fourth-order valence-electron chi connectivity index (χ4n) is 3.62. The Labute approximate surface area is 116 Å². The third-order valence-electron chi connectivity index (χ3n) is 4.75. The van der Waals surface area contributed by atoms with E-state index in [0.717, 1.165) is 13.1 Å². The maximum absolute atomic E-state index is 5.62. The number of anilines is 1. The van der Waals surface area contributed by atoms with Crippen molar-refractivity contribution in [2.24, 2.45) is 11.1 Å². The molecule has 1 aromatic rings. The summed E-state index contributed by atoms with van der Waals surface area (Å²) < 4.78 is 0. The molecule has 104 valence electrons. The second-order valence-corrected chi connectivity index (χ2v) is 6.33. The first-order valence-electron chi connectivity index (χ1n) is 7.45. The van der Waals surface area contributed by atoms with Gasteiger partial charge in [-0.3, -0.25) is 0 Å². The van der Waals surface area contributed by atoms with E-state index in [0.29, 0.717) is 5.41 Å². The maximum atomic E-state index is 5.62. The Morgan fingerprint density at radius 3 is 2.58 bits per heavy atom. The van der Waals surface area contributed by atoms with Crippen LogP contribution in [0.1, 0.15) is 18.4 Å². The van der Waals surface area contributed by atoms with Crippen molar-refractivity contribution in [2.75, 3.05) is 44.2 Å². The van der Waals surface area contributed by atoms with Crippen LogP contribution in [-0.2, 0) is 0 Å². The molecule has 0 aromatic heterocycles. The normalized spacial score (nSPS) is 22.5. The van der Waals surface area contributed by atoms with Crippen molar-refractivity contribution in [3.63, 3.8) is 0 Å². The fourth-order valence-corrected chi connectivity index (χ4v) is 3.62. The van der Waals surface area contributed by atoms with E-state index in [-0.39, 0.29) is 0 Å². The Kier molecular flexibility index (Phi) is 3.50. The minimum Gasteiger partial charge on any atom is -0.371 e. The highest BCUT2D eigenvalue weighted by Crippen LogP contribution is 2.41. The average Bonchev–Trinajstić information content (AvgIpc) is 2.38. The average molecular weight is 259 g/mol. The summed E-state index contributed by atoms with van der Waals surface area (Å²) in [6, 6.07) is 8.89. The molecule has 0 atom stereocenters. The molecule has 3 heteroatoms. The van der Waals surface area contributed by atoms with Crippen molar-refractivity contribution < 1.29 is 0 Å². The number of nitrogens with zero attached hydrogens (tertiary/aromatic N) is 2. The minimum absolute atomic E-state index is 0.607. The summed E-state index contributed by atoms with van der Waals surface area (Å²) in [5, 5.41) is 0. The highest BCUT2D eigenvalue weighted by molar-refractivity contribution is 5.48. The lowest BCUT2D eigenvalue weighted by Gasteiger charge is -2.54. The lowest BCUT2D eigenvalue weighted by Crippen LogP contribution is -2.61. The van der Waals surface area contributed by atoms with Gasteiger partial charge in [-0.05, 0) is 42.9 Å². The van der Waals surface area contributed by atoms with Crippen LogP contribution in [0.5, 0.6) is 0 Å². The van der Waals surface area contributed by atoms with Crippen LogP contribution < -0.4 is 10.6 Å². The van der Waals surface area contributed by atoms with E-state index in [1.807, 2.05) is 0 Å². The van der Waals surface area contributed by atoms with Crippen LogP contribution in [0.2, 0.25) is 0 Å². The van der Waals surface area contributed by atoms with Gasteiger partial charge in [-0.15, -0.1) is 0 Å². The van der Waals surface area contributed by atoms with Crippen molar-refractivity contribution in [3.8, 4) is 0 Å². The SMILES string of the molecule is Cc1cccc(N2CCC3(CC2)CN(CCN)C3)c1. The molecule has 2 aliphatic rings. The van der Waals surface area contributed by atoms with Crippen LogP contribution in [0.3, 0.4) is 0 Å². The van der Waals surface area contributed by atoms with Gasteiger partial charge in [0.15, 0.2) is 0 Å². The molecule has 0 radical (unpaired) electrons. The molecule has 2 saturated heterocycles. The molecule has 1 aromatic carbocycles. The third kappa shape index (κ3) is 2.63. The Balaban J connectivity index is 1.56. The van der Waals surface area contributed by atoms with Gasteiger partial charge in [0.05, 0.1) is 0 Å². The van der Waals surface area contributed by atoms with Crippen molar-refractivity contribution in [1.29, 1.82) is 0 Å². The highest BCUT2D eigenvalue weighted by Gasteiger charge is 2.44. The standard InChI is InChI=1S/C16H25N3/c1-14-3-2-4-15(11-14)19-8-5-16(6-9-19)12-18(13-16)10-7-17/h2-4,11H,5-10,12-13,17H2,1H3. The van der Waals surface area contributed by atoms with Crippen LogP contribution in [0.25, 0.3) is 0 Å². The Bertz CT molecular complexity index is 427. The van der Waals surface area contributed by atoms with Gasteiger partial charge in [-0.1, -0.05) is 12.1 Å². The molecule has 19 heavy (non-hydrogen) atoms. The van der Waals surface area contributed by atoms with Crippen molar-refractivity contribution in [1.82, 2.24) is 4.90 Å². The Morgan fingerprint density at radius 2 is 1.95 bits per heavy atom. The van der Waals surface area contributed by atoms with Gasteiger partial charge in [-0.25, -0.2) is 0 Å². The van der Waals surface area contributed by atoms with Gasteiger partial charge in [0.2, 0.25) is 0 Å². The van der Waals surface area contributed by atoms with Crippen molar-refractivity contribution >= 4 is 5.69 Å². The second kappa shape index (κ2) is 5.14. The first kappa shape index (κ1) is 12.9. The van der Waals surface area contributed by atoms with E-state index in [2.05, 4.69) is 41.0 Å². The number of benzene rings is 1. The quantitative estimate of drug-likeness (QED) is 0.899. The van der Waals surface area contributed by atoms with Crippen molar-refractivity contribution in [2.45, 2.75) is 19.8 Å². The number of hydrogen-bond donors (Lipinski definition) is 1. The van der Waals surface area contributed by atoms with Gasteiger partial charge in [0.1, 0.15) is 0 Å². The van der Waals surface area contributed by atoms with E-state index < -0.39 is 0 Å². The largest absolute Gasteiger partial charge is 0.371 e. The molecule has 2 N–H and O–H groups in total. The van der Waals surface area contributed by atoms with E-state index in [1.54, 1.807) is 0 Å². The number of piperidine rings is 1. The molecule has 0 unspecified atom stereocenters. The molecular weight excluding hydrogens is 234 g/mol. The molecule has 2 fully saturated rings. The smallest absolute Gasteiger partial charge is 0.0368 e. The van der Waals surface area contributed by atoms with Crippen LogP contribution in [0.4, 0.5) is 5.69 Å². The highest BCUT2D eigenvalue weighted by atomic mass is 15.2. The summed E-state index contributed by atoms with van der Waals surface area (Å²) in [6.45, 7) is 9.00. The predicted octanol–water partition coefficient (Wildman–Crippen LogP) is 1.86. The minimum atomic E-state index is 0.607. The molecule has 1 spiro atoms. The zero-order chi connectivity index (χ0) is 13.3. The fraction of sp³-hybridized carbons (Fsp3) is 0.625. The third-order valence-corrected chi connectivity index (χ3v) is 4.75. The van der Waals surface area contributed by atoms with Gasteiger partial charge < -0.3 is 15.5 Å². The number of rotatable bonds is 3. The molecule has 0 saturated carbocycles. The lowest BCUT2D eigenvalue weighted by molar-refractivity contribution is -0.0158. The van der Waals surface area contributed by atoms with Crippen molar-refractivity contribution in [3.05, 3.63) is 29.8 Å².